The first kappa shape index (κ1) is 25.5. The summed E-state index contributed by atoms with van der Waals surface area (Å²) in [4.78, 5) is 34.6. The van der Waals surface area contributed by atoms with Crippen molar-refractivity contribution in [3.05, 3.63) is 58.6 Å². The maximum absolute atomic E-state index is 13.1. The first-order valence-corrected chi connectivity index (χ1v) is 9.48. The summed E-state index contributed by atoms with van der Waals surface area (Å²) in [5, 5.41) is 1.68. The maximum atomic E-state index is 13.1. The van der Waals surface area contributed by atoms with Crippen LogP contribution in [0.1, 0.15) is 11.1 Å². The number of esters is 1. The Hall–Kier alpha value is -3.73. The lowest BCUT2D eigenvalue weighted by Gasteiger charge is -2.15. The molecular formula is C21H18ClF3N2O6. The van der Waals surface area contributed by atoms with Crippen LogP contribution in [-0.2, 0) is 25.3 Å². The quantitative estimate of drug-likeness (QED) is 0.414. The van der Waals surface area contributed by atoms with Crippen LogP contribution < -0.4 is 20.5 Å². The first-order valence-electron chi connectivity index (χ1n) is 9.10. The number of para-hydroxylation sites is 1. The van der Waals surface area contributed by atoms with Crippen molar-refractivity contribution >= 4 is 41.1 Å². The number of methoxy groups -OCH3 is 1. The van der Waals surface area contributed by atoms with Crippen LogP contribution in [0.2, 0.25) is 5.02 Å². The minimum Gasteiger partial charge on any atom is -0.493 e. The molecule has 0 bridgehead atoms. The van der Waals surface area contributed by atoms with Gasteiger partial charge >= 0.3 is 12.1 Å². The average molecular weight is 487 g/mol. The Morgan fingerprint density at radius 2 is 1.85 bits per heavy atom. The number of hydrogen-bond acceptors (Lipinski definition) is 6. The van der Waals surface area contributed by atoms with Crippen LogP contribution in [0.3, 0.4) is 0 Å². The summed E-state index contributed by atoms with van der Waals surface area (Å²) in [6.45, 7) is -1.19. The Morgan fingerprint density at radius 1 is 1.12 bits per heavy atom. The Balaban J connectivity index is 1.97. The third-order valence-electron chi connectivity index (χ3n) is 3.90. The fraction of sp³-hybridized carbons (Fsp3) is 0.190. The van der Waals surface area contributed by atoms with E-state index in [9.17, 15) is 27.6 Å². The molecular weight excluding hydrogens is 469 g/mol. The van der Waals surface area contributed by atoms with Crippen molar-refractivity contribution in [1.82, 2.24) is 0 Å². The van der Waals surface area contributed by atoms with Crippen LogP contribution >= 0.6 is 11.6 Å². The van der Waals surface area contributed by atoms with Gasteiger partial charge < -0.3 is 25.3 Å². The second kappa shape index (κ2) is 11.2. The van der Waals surface area contributed by atoms with Gasteiger partial charge in [-0.05, 0) is 35.9 Å². The van der Waals surface area contributed by atoms with E-state index in [1.165, 1.54) is 31.4 Å². The molecule has 8 nitrogen and oxygen atoms in total. The number of ether oxygens (including phenoxy) is 3. The normalized spacial score (nSPS) is 11.2. The Morgan fingerprint density at radius 3 is 2.48 bits per heavy atom. The molecule has 0 aliphatic rings. The zero-order valence-corrected chi connectivity index (χ0v) is 17.8. The number of amides is 2. The van der Waals surface area contributed by atoms with Gasteiger partial charge in [-0.2, -0.15) is 13.2 Å². The summed E-state index contributed by atoms with van der Waals surface area (Å²) < 4.78 is 54.3. The summed E-state index contributed by atoms with van der Waals surface area (Å²) >= 11 is 5.76. The fourth-order valence-electron chi connectivity index (χ4n) is 2.47. The van der Waals surface area contributed by atoms with Crippen molar-refractivity contribution < 1.29 is 41.8 Å². The van der Waals surface area contributed by atoms with E-state index in [2.05, 4.69) is 0 Å². The highest BCUT2D eigenvalue weighted by Gasteiger charge is 2.34. The van der Waals surface area contributed by atoms with E-state index in [4.69, 9.17) is 31.5 Å². The van der Waals surface area contributed by atoms with Gasteiger partial charge in [0, 0.05) is 6.08 Å². The van der Waals surface area contributed by atoms with Crippen LogP contribution in [0.15, 0.2) is 42.5 Å². The van der Waals surface area contributed by atoms with Crippen molar-refractivity contribution in [2.24, 2.45) is 5.73 Å². The number of nitrogens with two attached hydrogens (primary N) is 1. The molecule has 176 valence electrons. The van der Waals surface area contributed by atoms with Gasteiger partial charge in [-0.1, -0.05) is 23.7 Å². The van der Waals surface area contributed by atoms with Crippen molar-refractivity contribution in [3.63, 3.8) is 0 Å². The number of primary amides is 1. The summed E-state index contributed by atoms with van der Waals surface area (Å²) in [7, 11) is 1.37. The lowest BCUT2D eigenvalue weighted by Crippen LogP contribution is -2.22. The SMILES string of the molecule is COc1cc(/C=C/C(=O)OCC(=O)Nc2c(Cl)cccc2C(F)(F)F)ccc1OCC(N)=O. The van der Waals surface area contributed by atoms with Gasteiger partial charge in [0.15, 0.2) is 24.7 Å². The standard InChI is InChI=1S/C21H18ClF3N2O6/c1-31-16-9-12(5-7-15(16)32-10-17(26)28)6-8-19(30)33-11-18(29)27-20-13(21(23,24)25)3-2-4-14(20)22/h2-9H,10-11H2,1H3,(H2,26,28)(H,27,29)/b8-6+. The largest absolute Gasteiger partial charge is 0.493 e. The van der Waals surface area contributed by atoms with Crippen LogP contribution in [0.4, 0.5) is 18.9 Å². The van der Waals surface area contributed by atoms with Gasteiger partial charge in [-0.3, -0.25) is 9.59 Å². The number of carbonyl (C=O) groups is 3. The zero-order chi connectivity index (χ0) is 24.6. The predicted octanol–water partition coefficient (Wildman–Crippen LogP) is 3.43. The third kappa shape index (κ3) is 7.72. The molecule has 12 heteroatoms. The third-order valence-corrected chi connectivity index (χ3v) is 4.21. The summed E-state index contributed by atoms with van der Waals surface area (Å²) in [6.07, 6.45) is -2.40. The number of nitrogens with one attached hydrogen (secondary N) is 1. The molecule has 2 aromatic rings. The van der Waals surface area contributed by atoms with Gasteiger partial charge in [0.1, 0.15) is 0 Å². The Kier molecular flexibility index (Phi) is 8.69. The minimum atomic E-state index is -4.74. The smallest absolute Gasteiger partial charge is 0.418 e. The molecule has 0 heterocycles. The van der Waals surface area contributed by atoms with Gasteiger partial charge in [0.25, 0.3) is 11.8 Å². The molecule has 3 N–H and O–H groups in total. The molecule has 2 amide bonds. The van der Waals surface area contributed by atoms with E-state index in [0.717, 1.165) is 18.2 Å². The topological polar surface area (TPSA) is 117 Å². The Labute approximate surface area is 191 Å². The Bertz CT molecular complexity index is 1070. The lowest BCUT2D eigenvalue weighted by molar-refractivity contribution is -0.142. The van der Waals surface area contributed by atoms with E-state index in [0.29, 0.717) is 5.56 Å². The molecule has 0 aliphatic heterocycles. The molecule has 0 aromatic heterocycles. The summed E-state index contributed by atoms with van der Waals surface area (Å²) in [5.74, 6) is -2.07. The van der Waals surface area contributed by atoms with Gasteiger partial charge in [-0.15, -0.1) is 0 Å². The van der Waals surface area contributed by atoms with Crippen molar-refractivity contribution in [2.45, 2.75) is 6.18 Å². The fourth-order valence-corrected chi connectivity index (χ4v) is 2.69. The van der Waals surface area contributed by atoms with Crippen LogP contribution in [-0.4, -0.2) is 38.1 Å². The first-order chi connectivity index (χ1) is 15.5. The molecule has 0 radical (unpaired) electrons. The molecule has 0 aliphatic carbocycles. The molecule has 0 fully saturated rings. The summed E-state index contributed by atoms with van der Waals surface area (Å²) in [6, 6.07) is 7.57. The number of halogens is 4. The number of hydrogen-bond donors (Lipinski definition) is 2. The average Bonchev–Trinajstić information content (AvgIpc) is 2.75. The molecule has 0 spiro atoms. The van der Waals surface area contributed by atoms with Gasteiger partial charge in [-0.25, -0.2) is 4.79 Å². The van der Waals surface area contributed by atoms with Gasteiger partial charge in [0.05, 0.1) is 23.4 Å². The van der Waals surface area contributed by atoms with Crippen molar-refractivity contribution in [2.75, 3.05) is 25.6 Å². The highest BCUT2D eigenvalue weighted by Crippen LogP contribution is 2.38. The van der Waals surface area contributed by atoms with E-state index in [1.54, 1.807) is 6.07 Å². The highest BCUT2D eigenvalue weighted by atomic mass is 35.5. The second-order valence-electron chi connectivity index (χ2n) is 6.31. The number of anilines is 1. The molecule has 2 rings (SSSR count). The molecule has 33 heavy (non-hydrogen) atoms. The molecule has 0 saturated carbocycles. The van der Waals surface area contributed by atoms with E-state index < -0.39 is 41.8 Å². The lowest BCUT2D eigenvalue weighted by atomic mass is 10.1. The highest BCUT2D eigenvalue weighted by molar-refractivity contribution is 6.34. The molecule has 0 saturated heterocycles. The maximum Gasteiger partial charge on any atom is 0.418 e. The second-order valence-corrected chi connectivity index (χ2v) is 6.72. The van der Waals surface area contributed by atoms with Crippen LogP contribution in [0.5, 0.6) is 11.5 Å². The summed E-state index contributed by atoms with van der Waals surface area (Å²) in [5.41, 5.74) is 3.75. The van der Waals surface area contributed by atoms with E-state index >= 15 is 0 Å². The molecule has 2 aromatic carbocycles. The number of alkyl halides is 3. The number of carbonyl (C=O) groups excluding carboxylic acids is 3. The predicted molar refractivity (Wildman–Crippen MR) is 113 cm³/mol. The molecule has 0 unspecified atom stereocenters. The minimum absolute atomic E-state index is 0.255. The monoisotopic (exact) mass is 486 g/mol. The van der Waals surface area contributed by atoms with E-state index in [1.807, 2.05) is 5.32 Å². The van der Waals surface area contributed by atoms with Gasteiger partial charge in [0.2, 0.25) is 0 Å². The number of benzene rings is 2. The van der Waals surface area contributed by atoms with Crippen LogP contribution in [0.25, 0.3) is 6.08 Å². The van der Waals surface area contributed by atoms with Crippen molar-refractivity contribution in [3.8, 4) is 11.5 Å². The zero-order valence-electron chi connectivity index (χ0n) is 17.1. The number of rotatable bonds is 9. The van der Waals surface area contributed by atoms with E-state index in [-0.39, 0.29) is 23.1 Å². The van der Waals surface area contributed by atoms with Crippen molar-refractivity contribution in [1.29, 1.82) is 0 Å². The van der Waals surface area contributed by atoms with Crippen LogP contribution in [0, 0.1) is 0 Å². The molecule has 0 atom stereocenters.